The van der Waals surface area contributed by atoms with E-state index < -0.39 is 5.79 Å². The molecule has 0 spiro atoms. The molecule has 2 fully saturated rings. The van der Waals surface area contributed by atoms with Gasteiger partial charge in [0.15, 0.2) is 5.79 Å². The summed E-state index contributed by atoms with van der Waals surface area (Å²) in [4.78, 5) is 0. The monoisotopic (exact) mass is 400 g/mol. The van der Waals surface area contributed by atoms with Crippen LogP contribution in [0.3, 0.4) is 0 Å². The lowest BCUT2D eigenvalue weighted by atomic mass is 10.1. The summed E-state index contributed by atoms with van der Waals surface area (Å²) in [6.07, 6.45) is -0.345. The molecular formula is C23H28O4S. The Hall–Kier alpha value is -1.37. The molecule has 0 aliphatic carbocycles. The van der Waals surface area contributed by atoms with Gasteiger partial charge in [0.05, 0.1) is 25.9 Å². The van der Waals surface area contributed by atoms with Gasteiger partial charge in [0.2, 0.25) is 0 Å². The van der Waals surface area contributed by atoms with E-state index in [0.717, 1.165) is 11.3 Å². The normalized spacial score (nSPS) is 25.4. The molecular weight excluding hydrogens is 372 g/mol. The van der Waals surface area contributed by atoms with Crippen molar-refractivity contribution in [2.75, 3.05) is 12.4 Å². The van der Waals surface area contributed by atoms with Gasteiger partial charge in [-0.25, -0.2) is 0 Å². The molecule has 1 unspecified atom stereocenters. The van der Waals surface area contributed by atoms with Gasteiger partial charge in [0, 0.05) is 11.0 Å². The fourth-order valence-electron chi connectivity index (χ4n) is 3.48. The summed E-state index contributed by atoms with van der Waals surface area (Å²) in [5.41, 5.74) is 2.32. The molecule has 2 heterocycles. The van der Waals surface area contributed by atoms with Gasteiger partial charge in [-0.1, -0.05) is 60.7 Å². The molecule has 4 nitrogen and oxygen atoms in total. The van der Waals surface area contributed by atoms with Crippen molar-refractivity contribution in [3.05, 3.63) is 71.8 Å². The van der Waals surface area contributed by atoms with Crippen molar-refractivity contribution in [3.63, 3.8) is 0 Å². The number of benzene rings is 2. The molecule has 28 heavy (non-hydrogen) atoms. The smallest absolute Gasteiger partial charge is 0.163 e. The first-order chi connectivity index (χ1) is 13.6. The van der Waals surface area contributed by atoms with Crippen LogP contribution in [0.5, 0.6) is 0 Å². The Balaban J connectivity index is 1.48. The fraction of sp³-hybridized carbons (Fsp3) is 0.478. The highest BCUT2D eigenvalue weighted by Gasteiger charge is 2.47. The molecule has 0 aromatic heterocycles. The van der Waals surface area contributed by atoms with Crippen LogP contribution in [0, 0.1) is 0 Å². The predicted molar refractivity (Wildman–Crippen MR) is 111 cm³/mol. The summed E-state index contributed by atoms with van der Waals surface area (Å²) in [5, 5.41) is 0.441. The maximum atomic E-state index is 6.41. The van der Waals surface area contributed by atoms with Gasteiger partial charge in [0.1, 0.15) is 12.2 Å². The second-order valence-corrected chi connectivity index (χ2v) is 9.03. The highest BCUT2D eigenvalue weighted by atomic mass is 32.2. The molecule has 0 bridgehead atoms. The third-order valence-electron chi connectivity index (χ3n) is 5.02. The van der Waals surface area contributed by atoms with Crippen LogP contribution in [0.2, 0.25) is 0 Å². The van der Waals surface area contributed by atoms with E-state index in [-0.39, 0.29) is 18.3 Å². The molecule has 2 saturated heterocycles. The van der Waals surface area contributed by atoms with E-state index >= 15 is 0 Å². The van der Waals surface area contributed by atoms with E-state index in [4.69, 9.17) is 18.9 Å². The standard InChI is InChI=1S/C23H28O4S/c1-23(2)26-15-19(27-23)21(24-13-17-9-5-3-6-10-17)22(20-16-28-20)25-14-18-11-7-4-8-12-18/h3-12,19-22H,13-16H2,1-2H3/t19-,20?,21-,22-/m1/s1. The van der Waals surface area contributed by atoms with Crippen LogP contribution < -0.4 is 0 Å². The lowest BCUT2D eigenvalue weighted by Crippen LogP contribution is -2.45. The maximum absolute atomic E-state index is 6.41. The summed E-state index contributed by atoms with van der Waals surface area (Å²) in [5.74, 6) is 0.515. The zero-order chi connectivity index (χ0) is 19.4. The Labute approximate surface area is 171 Å². The Bertz CT molecular complexity index is 733. The minimum absolute atomic E-state index is 0.0311. The first-order valence-corrected chi connectivity index (χ1v) is 10.9. The van der Waals surface area contributed by atoms with E-state index in [9.17, 15) is 0 Å². The second-order valence-electron chi connectivity index (χ2n) is 7.76. The summed E-state index contributed by atoms with van der Waals surface area (Å²) in [7, 11) is 0. The Morgan fingerprint density at radius 1 is 0.929 bits per heavy atom. The third-order valence-corrected chi connectivity index (χ3v) is 6.00. The van der Waals surface area contributed by atoms with Gasteiger partial charge in [-0.3, -0.25) is 0 Å². The first-order valence-electron chi connectivity index (χ1n) is 9.85. The van der Waals surface area contributed by atoms with Gasteiger partial charge in [-0.15, -0.1) is 0 Å². The van der Waals surface area contributed by atoms with E-state index in [1.807, 2.05) is 62.0 Å². The van der Waals surface area contributed by atoms with Gasteiger partial charge < -0.3 is 18.9 Å². The number of ether oxygens (including phenoxy) is 4. The van der Waals surface area contributed by atoms with Crippen LogP contribution in [0.15, 0.2) is 60.7 Å². The molecule has 0 radical (unpaired) electrons. The lowest BCUT2D eigenvalue weighted by molar-refractivity contribution is -0.178. The summed E-state index contributed by atoms with van der Waals surface area (Å²) < 4.78 is 24.8. The van der Waals surface area contributed by atoms with Crippen molar-refractivity contribution >= 4 is 11.8 Å². The topological polar surface area (TPSA) is 36.9 Å². The van der Waals surface area contributed by atoms with Crippen LogP contribution in [0.4, 0.5) is 0 Å². The minimum atomic E-state index is -0.584. The fourth-order valence-corrected chi connectivity index (χ4v) is 4.21. The van der Waals surface area contributed by atoms with E-state index in [1.165, 1.54) is 5.56 Å². The number of rotatable bonds is 9. The highest BCUT2D eigenvalue weighted by Crippen LogP contribution is 2.40. The quantitative estimate of drug-likeness (QED) is 0.582. The van der Waals surface area contributed by atoms with Crippen LogP contribution in [-0.4, -0.2) is 41.7 Å². The van der Waals surface area contributed by atoms with E-state index in [2.05, 4.69) is 24.3 Å². The molecule has 0 N–H and O–H groups in total. The van der Waals surface area contributed by atoms with Crippen molar-refractivity contribution in [1.29, 1.82) is 0 Å². The van der Waals surface area contributed by atoms with Gasteiger partial charge in [0.25, 0.3) is 0 Å². The van der Waals surface area contributed by atoms with Gasteiger partial charge in [-0.05, 0) is 25.0 Å². The van der Waals surface area contributed by atoms with Crippen LogP contribution in [0.1, 0.15) is 25.0 Å². The summed E-state index contributed by atoms with van der Waals surface area (Å²) in [6.45, 7) is 5.54. The Kier molecular flexibility index (Phi) is 6.38. The molecule has 0 amide bonds. The number of hydrogen-bond donors (Lipinski definition) is 0. The minimum Gasteiger partial charge on any atom is -0.370 e. The molecule has 5 heteroatoms. The average Bonchev–Trinajstić information content (AvgIpc) is 3.48. The molecule has 4 rings (SSSR count). The number of thioether (sulfide) groups is 1. The summed E-state index contributed by atoms with van der Waals surface area (Å²) >= 11 is 1.92. The molecule has 2 aromatic rings. The zero-order valence-electron chi connectivity index (χ0n) is 16.5. The van der Waals surface area contributed by atoms with E-state index in [1.54, 1.807) is 0 Å². The van der Waals surface area contributed by atoms with Crippen molar-refractivity contribution in [2.24, 2.45) is 0 Å². The van der Waals surface area contributed by atoms with Crippen LogP contribution in [0.25, 0.3) is 0 Å². The number of hydrogen-bond acceptors (Lipinski definition) is 5. The maximum Gasteiger partial charge on any atom is 0.163 e. The summed E-state index contributed by atoms with van der Waals surface area (Å²) in [6, 6.07) is 20.5. The van der Waals surface area contributed by atoms with Crippen LogP contribution in [-0.2, 0) is 32.2 Å². The Morgan fingerprint density at radius 2 is 1.46 bits per heavy atom. The molecule has 4 atom stereocenters. The van der Waals surface area contributed by atoms with Crippen LogP contribution >= 0.6 is 11.8 Å². The molecule has 0 saturated carbocycles. The van der Waals surface area contributed by atoms with Crippen molar-refractivity contribution in [3.8, 4) is 0 Å². The Morgan fingerprint density at radius 3 is 1.93 bits per heavy atom. The van der Waals surface area contributed by atoms with Crippen molar-refractivity contribution in [2.45, 2.75) is 56.4 Å². The van der Waals surface area contributed by atoms with Crippen molar-refractivity contribution in [1.82, 2.24) is 0 Å². The average molecular weight is 401 g/mol. The third kappa shape index (κ3) is 5.37. The first kappa shape index (κ1) is 19.9. The lowest BCUT2D eigenvalue weighted by Gasteiger charge is -2.31. The largest absolute Gasteiger partial charge is 0.370 e. The highest BCUT2D eigenvalue weighted by molar-refractivity contribution is 8.06. The van der Waals surface area contributed by atoms with Gasteiger partial charge >= 0.3 is 0 Å². The SMILES string of the molecule is CC1(C)OC[C@H]([C@@H](OCc2ccccc2)[C@H](OCc2ccccc2)C2CS2)O1. The molecule has 150 valence electrons. The van der Waals surface area contributed by atoms with Gasteiger partial charge in [-0.2, -0.15) is 11.8 Å². The molecule has 2 aliphatic rings. The molecule has 2 aliphatic heterocycles. The zero-order valence-corrected chi connectivity index (χ0v) is 17.3. The van der Waals surface area contributed by atoms with E-state index in [0.29, 0.717) is 25.1 Å². The second kappa shape index (κ2) is 8.97. The predicted octanol–water partition coefficient (Wildman–Crippen LogP) is 4.42. The molecule has 2 aromatic carbocycles. The van der Waals surface area contributed by atoms with Crippen molar-refractivity contribution < 1.29 is 18.9 Å².